The van der Waals surface area contributed by atoms with Crippen LogP contribution in [-0.4, -0.2) is 9.38 Å². The van der Waals surface area contributed by atoms with Crippen molar-refractivity contribution in [3.8, 4) is 0 Å². The lowest BCUT2D eigenvalue weighted by Gasteiger charge is -2.19. The quantitative estimate of drug-likeness (QED) is 0.710. The summed E-state index contributed by atoms with van der Waals surface area (Å²) in [6.07, 6.45) is 1.72. The zero-order chi connectivity index (χ0) is 18.0. The van der Waals surface area contributed by atoms with Crippen LogP contribution in [0.1, 0.15) is 31.1 Å². The standard InChI is InChI=1S/C19H19BrFN3O/c1-12(2)19(13-3-6-15(21)7-4-13)22-10-16-9-18(25)24-11-14(20)5-8-17(24)23-16/h3-9,11-12,19,22H,10H2,1-2H3/p+1/t19-/m0/s1. The van der Waals surface area contributed by atoms with Gasteiger partial charge in [-0.15, -0.1) is 0 Å². The van der Waals surface area contributed by atoms with E-state index in [9.17, 15) is 9.18 Å². The second-order valence-electron chi connectivity index (χ2n) is 6.42. The SMILES string of the molecule is CC(C)[C@H]([NH2+]Cc1cc(=O)n2cc(Br)ccc2n1)c1ccc(F)cc1. The van der Waals surface area contributed by atoms with Crippen LogP contribution >= 0.6 is 15.9 Å². The number of pyridine rings is 1. The van der Waals surface area contributed by atoms with Gasteiger partial charge in [-0.25, -0.2) is 9.37 Å². The van der Waals surface area contributed by atoms with E-state index < -0.39 is 0 Å². The van der Waals surface area contributed by atoms with Crippen LogP contribution < -0.4 is 10.9 Å². The van der Waals surface area contributed by atoms with Gasteiger partial charge in [0.15, 0.2) is 0 Å². The molecule has 2 aromatic heterocycles. The van der Waals surface area contributed by atoms with Crippen LogP contribution in [0.4, 0.5) is 4.39 Å². The molecule has 0 unspecified atom stereocenters. The highest BCUT2D eigenvalue weighted by atomic mass is 79.9. The summed E-state index contributed by atoms with van der Waals surface area (Å²) in [7, 11) is 0. The van der Waals surface area contributed by atoms with Gasteiger partial charge in [0.2, 0.25) is 0 Å². The Kier molecular flexibility index (Phi) is 5.30. The molecule has 0 aliphatic carbocycles. The first-order valence-electron chi connectivity index (χ1n) is 8.20. The molecule has 0 bridgehead atoms. The maximum Gasteiger partial charge on any atom is 0.258 e. The lowest BCUT2D eigenvalue weighted by atomic mass is 9.96. The van der Waals surface area contributed by atoms with Crippen molar-refractivity contribution in [2.45, 2.75) is 26.4 Å². The van der Waals surface area contributed by atoms with Crippen molar-refractivity contribution in [1.82, 2.24) is 9.38 Å². The van der Waals surface area contributed by atoms with Gasteiger partial charge in [0.1, 0.15) is 29.7 Å². The molecule has 3 aromatic rings. The highest BCUT2D eigenvalue weighted by molar-refractivity contribution is 9.10. The molecule has 1 aromatic carbocycles. The molecule has 2 heterocycles. The molecule has 0 amide bonds. The van der Waals surface area contributed by atoms with Gasteiger partial charge >= 0.3 is 0 Å². The Hall–Kier alpha value is -2.05. The van der Waals surface area contributed by atoms with E-state index in [0.29, 0.717) is 18.1 Å². The zero-order valence-corrected chi connectivity index (χ0v) is 15.7. The highest BCUT2D eigenvalue weighted by Gasteiger charge is 2.19. The van der Waals surface area contributed by atoms with Crippen LogP contribution in [0.25, 0.3) is 5.65 Å². The summed E-state index contributed by atoms with van der Waals surface area (Å²) in [6.45, 7) is 4.84. The van der Waals surface area contributed by atoms with Gasteiger partial charge in [0.05, 0.1) is 0 Å². The number of hydrogen-bond acceptors (Lipinski definition) is 2. The first-order chi connectivity index (χ1) is 11.9. The Morgan fingerprint density at radius 2 is 1.92 bits per heavy atom. The van der Waals surface area contributed by atoms with E-state index in [2.05, 4.69) is 40.1 Å². The Bertz CT molecular complexity index is 938. The van der Waals surface area contributed by atoms with Gasteiger partial charge in [-0.05, 0) is 40.2 Å². The van der Waals surface area contributed by atoms with Gasteiger partial charge in [0.25, 0.3) is 5.56 Å². The summed E-state index contributed by atoms with van der Waals surface area (Å²) in [5, 5.41) is 2.15. The number of rotatable bonds is 5. The zero-order valence-electron chi connectivity index (χ0n) is 14.1. The monoisotopic (exact) mass is 404 g/mol. The Labute approximate surface area is 153 Å². The van der Waals surface area contributed by atoms with E-state index in [-0.39, 0.29) is 17.4 Å². The molecule has 1 atom stereocenters. The average Bonchev–Trinajstić information content (AvgIpc) is 2.57. The molecule has 0 radical (unpaired) electrons. The van der Waals surface area contributed by atoms with Crippen LogP contribution in [0.5, 0.6) is 0 Å². The van der Waals surface area contributed by atoms with E-state index in [4.69, 9.17) is 0 Å². The topological polar surface area (TPSA) is 51.0 Å². The maximum atomic E-state index is 13.2. The molecule has 0 fully saturated rings. The van der Waals surface area contributed by atoms with Crippen LogP contribution in [0.15, 0.2) is 57.9 Å². The second-order valence-corrected chi connectivity index (χ2v) is 7.34. The molecule has 2 N–H and O–H groups in total. The average molecular weight is 405 g/mol. The third-order valence-corrected chi connectivity index (χ3v) is 4.70. The molecule has 0 aliphatic heterocycles. The number of fused-ring (bicyclic) bond motifs is 1. The summed E-state index contributed by atoms with van der Waals surface area (Å²) in [5.41, 5.74) is 2.33. The number of aromatic nitrogens is 2. The van der Waals surface area contributed by atoms with E-state index >= 15 is 0 Å². The largest absolute Gasteiger partial charge is 0.335 e. The van der Waals surface area contributed by atoms with E-state index in [1.54, 1.807) is 12.3 Å². The van der Waals surface area contributed by atoms with Crippen molar-refractivity contribution in [2.24, 2.45) is 5.92 Å². The van der Waals surface area contributed by atoms with E-state index in [0.717, 1.165) is 15.7 Å². The Morgan fingerprint density at radius 1 is 1.20 bits per heavy atom. The molecule has 0 spiro atoms. The molecule has 4 nitrogen and oxygen atoms in total. The minimum atomic E-state index is -0.235. The van der Waals surface area contributed by atoms with Crippen molar-refractivity contribution in [3.05, 3.63) is 80.6 Å². The lowest BCUT2D eigenvalue weighted by Crippen LogP contribution is -2.84. The normalized spacial score (nSPS) is 12.7. The highest BCUT2D eigenvalue weighted by Crippen LogP contribution is 2.18. The fourth-order valence-corrected chi connectivity index (χ4v) is 3.29. The fourth-order valence-electron chi connectivity index (χ4n) is 2.96. The third kappa shape index (κ3) is 4.14. The molecular formula is C19H20BrFN3O+. The van der Waals surface area contributed by atoms with Crippen molar-refractivity contribution in [3.63, 3.8) is 0 Å². The van der Waals surface area contributed by atoms with Crippen LogP contribution in [0.3, 0.4) is 0 Å². The van der Waals surface area contributed by atoms with Crippen molar-refractivity contribution >= 4 is 21.6 Å². The third-order valence-electron chi connectivity index (χ3n) is 4.23. The minimum Gasteiger partial charge on any atom is -0.335 e. The Balaban J connectivity index is 1.83. The molecule has 0 aliphatic rings. The summed E-state index contributed by atoms with van der Waals surface area (Å²) >= 11 is 3.36. The van der Waals surface area contributed by atoms with Gasteiger partial charge in [-0.2, -0.15) is 0 Å². The Morgan fingerprint density at radius 3 is 2.60 bits per heavy atom. The molecule has 3 rings (SSSR count). The maximum absolute atomic E-state index is 13.2. The first-order valence-corrected chi connectivity index (χ1v) is 9.00. The molecule has 6 heteroatoms. The van der Waals surface area contributed by atoms with E-state index in [1.165, 1.54) is 16.5 Å². The molecule has 0 saturated carbocycles. The number of quaternary nitrogens is 1. The lowest BCUT2D eigenvalue weighted by molar-refractivity contribution is -0.717. The number of halogens is 2. The number of nitrogens with two attached hydrogens (primary N) is 1. The van der Waals surface area contributed by atoms with Gasteiger partial charge in [0, 0.05) is 28.2 Å². The number of hydrogen-bond donors (Lipinski definition) is 1. The van der Waals surface area contributed by atoms with Crippen LogP contribution in [-0.2, 0) is 6.54 Å². The summed E-state index contributed by atoms with van der Waals surface area (Å²) < 4.78 is 15.5. The molecular weight excluding hydrogens is 385 g/mol. The molecule has 130 valence electrons. The minimum absolute atomic E-state index is 0.0995. The van der Waals surface area contributed by atoms with Crippen LogP contribution in [0.2, 0.25) is 0 Å². The predicted octanol–water partition coefficient (Wildman–Crippen LogP) is 3.06. The van der Waals surface area contributed by atoms with Crippen molar-refractivity contribution in [2.75, 3.05) is 0 Å². The smallest absolute Gasteiger partial charge is 0.258 e. The van der Waals surface area contributed by atoms with Gasteiger partial charge in [-0.3, -0.25) is 9.20 Å². The van der Waals surface area contributed by atoms with Gasteiger partial charge < -0.3 is 5.32 Å². The molecule has 25 heavy (non-hydrogen) atoms. The summed E-state index contributed by atoms with van der Waals surface area (Å²) in [4.78, 5) is 16.9. The first kappa shape index (κ1) is 17.8. The van der Waals surface area contributed by atoms with Gasteiger partial charge in [-0.1, -0.05) is 26.0 Å². The number of benzene rings is 1. The van der Waals surface area contributed by atoms with Crippen molar-refractivity contribution in [1.29, 1.82) is 0 Å². The second kappa shape index (κ2) is 7.45. The summed E-state index contributed by atoms with van der Waals surface area (Å²) in [6, 6.07) is 12.0. The van der Waals surface area contributed by atoms with Crippen molar-refractivity contribution < 1.29 is 9.71 Å². The fraction of sp³-hybridized carbons (Fsp3) is 0.263. The molecule has 0 saturated heterocycles. The van der Waals surface area contributed by atoms with E-state index in [1.807, 2.05) is 24.3 Å². The van der Waals surface area contributed by atoms with Crippen LogP contribution in [0, 0.1) is 11.7 Å². The summed E-state index contributed by atoms with van der Waals surface area (Å²) in [5.74, 6) is 0.129. The predicted molar refractivity (Wildman–Crippen MR) is 98.8 cm³/mol. The number of nitrogens with zero attached hydrogens (tertiary/aromatic N) is 2.